The molecule has 0 bridgehead atoms. The molecular weight excluding hydrogens is 238 g/mol. The highest BCUT2D eigenvalue weighted by molar-refractivity contribution is 4.91. The van der Waals surface area contributed by atoms with E-state index in [2.05, 4.69) is 29.7 Å². The summed E-state index contributed by atoms with van der Waals surface area (Å²) in [5.41, 5.74) is 0.277. The summed E-state index contributed by atoms with van der Waals surface area (Å²) in [4.78, 5) is 5.07. The topological polar surface area (TPSA) is 39.5 Å². The maximum absolute atomic E-state index is 8.91. The predicted molar refractivity (Wildman–Crippen MR) is 75.8 cm³/mol. The number of rotatable bonds is 4. The third kappa shape index (κ3) is 4.17. The van der Waals surface area contributed by atoms with E-state index in [1.165, 1.54) is 6.42 Å². The number of nitrogens with zero attached hydrogens (tertiary/aromatic N) is 3. The largest absolute Gasteiger partial charge is 0.379 e. The van der Waals surface area contributed by atoms with Crippen molar-refractivity contribution in [3.05, 3.63) is 0 Å². The fraction of sp³-hybridized carbons (Fsp3) is 0.933. The lowest BCUT2D eigenvalue weighted by atomic mass is 9.72. The average Bonchev–Trinajstić information content (AvgIpc) is 2.40. The molecule has 0 aliphatic carbocycles. The van der Waals surface area contributed by atoms with E-state index in [-0.39, 0.29) is 5.41 Å². The van der Waals surface area contributed by atoms with Gasteiger partial charge in [-0.25, -0.2) is 0 Å². The maximum atomic E-state index is 8.91. The molecule has 0 radical (unpaired) electrons. The van der Waals surface area contributed by atoms with E-state index >= 15 is 0 Å². The van der Waals surface area contributed by atoms with E-state index in [0.717, 1.165) is 52.5 Å². The van der Waals surface area contributed by atoms with Crippen LogP contribution in [0.2, 0.25) is 0 Å². The van der Waals surface area contributed by atoms with Gasteiger partial charge in [-0.2, -0.15) is 5.26 Å². The van der Waals surface area contributed by atoms with Crippen LogP contribution in [0, 0.1) is 22.7 Å². The molecule has 4 nitrogen and oxygen atoms in total. The summed E-state index contributed by atoms with van der Waals surface area (Å²) in [5.74, 6) is 0.567. The lowest BCUT2D eigenvalue weighted by molar-refractivity contribution is 0.0186. The van der Waals surface area contributed by atoms with Gasteiger partial charge in [0.15, 0.2) is 0 Å². The molecule has 19 heavy (non-hydrogen) atoms. The minimum atomic E-state index is 0.277. The van der Waals surface area contributed by atoms with Crippen molar-refractivity contribution in [2.24, 2.45) is 11.3 Å². The fourth-order valence-corrected chi connectivity index (χ4v) is 3.30. The molecule has 0 aromatic carbocycles. The molecule has 2 saturated heterocycles. The fourth-order valence-electron chi connectivity index (χ4n) is 3.30. The minimum absolute atomic E-state index is 0.277. The second-order valence-electron chi connectivity index (χ2n) is 6.57. The van der Waals surface area contributed by atoms with E-state index in [4.69, 9.17) is 10.00 Å². The van der Waals surface area contributed by atoms with Gasteiger partial charge >= 0.3 is 0 Å². The predicted octanol–water partition coefficient (Wildman–Crippen LogP) is 1.58. The second kappa shape index (κ2) is 6.69. The van der Waals surface area contributed by atoms with Crippen LogP contribution in [0.15, 0.2) is 0 Å². The molecular formula is C15H27N3O. The van der Waals surface area contributed by atoms with Gasteiger partial charge in [-0.05, 0) is 24.3 Å². The van der Waals surface area contributed by atoms with Crippen molar-refractivity contribution in [1.82, 2.24) is 9.80 Å². The highest BCUT2D eigenvalue weighted by atomic mass is 16.5. The zero-order valence-corrected chi connectivity index (χ0v) is 12.4. The Hall–Kier alpha value is -0.630. The van der Waals surface area contributed by atoms with Gasteiger partial charge in [0.1, 0.15) is 0 Å². The maximum Gasteiger partial charge on any atom is 0.0624 e. The first-order chi connectivity index (χ1) is 9.12. The second-order valence-corrected chi connectivity index (χ2v) is 6.57. The number of hydrogen-bond acceptors (Lipinski definition) is 4. The summed E-state index contributed by atoms with van der Waals surface area (Å²) in [5, 5.41) is 8.91. The normalized spacial score (nSPS) is 29.0. The van der Waals surface area contributed by atoms with Crippen molar-refractivity contribution in [2.75, 3.05) is 52.5 Å². The molecule has 2 rings (SSSR count). The Morgan fingerprint density at radius 2 is 1.84 bits per heavy atom. The number of likely N-dealkylation sites (tertiary alicyclic amines) is 1. The van der Waals surface area contributed by atoms with E-state index in [1.807, 2.05) is 0 Å². The average molecular weight is 265 g/mol. The first-order valence-corrected chi connectivity index (χ1v) is 7.51. The molecule has 0 N–H and O–H groups in total. The molecule has 2 fully saturated rings. The number of piperidine rings is 1. The summed E-state index contributed by atoms with van der Waals surface area (Å²) in [6.07, 6.45) is 1.88. The van der Waals surface area contributed by atoms with Crippen molar-refractivity contribution in [3.8, 4) is 6.07 Å². The number of ether oxygens (including phenoxy) is 1. The van der Waals surface area contributed by atoms with Crippen molar-refractivity contribution in [2.45, 2.75) is 26.7 Å². The van der Waals surface area contributed by atoms with Gasteiger partial charge in [0.2, 0.25) is 0 Å². The van der Waals surface area contributed by atoms with Crippen LogP contribution in [0.5, 0.6) is 0 Å². The minimum Gasteiger partial charge on any atom is -0.379 e. The lowest BCUT2D eigenvalue weighted by Gasteiger charge is -2.44. The molecule has 0 saturated carbocycles. The molecule has 108 valence electrons. The van der Waals surface area contributed by atoms with E-state index in [1.54, 1.807) is 0 Å². The Morgan fingerprint density at radius 3 is 2.47 bits per heavy atom. The third-order valence-electron chi connectivity index (χ3n) is 4.70. The molecule has 2 heterocycles. The number of nitriles is 1. The molecule has 0 aromatic heterocycles. The van der Waals surface area contributed by atoms with Gasteiger partial charge in [0, 0.05) is 39.1 Å². The number of morpholine rings is 1. The van der Waals surface area contributed by atoms with Crippen LogP contribution in [0.4, 0.5) is 0 Å². The van der Waals surface area contributed by atoms with Crippen LogP contribution in [0.25, 0.3) is 0 Å². The summed E-state index contributed by atoms with van der Waals surface area (Å²) in [6.45, 7) is 13.1. The van der Waals surface area contributed by atoms with E-state index in [0.29, 0.717) is 12.3 Å². The SMILES string of the molecule is CC1(C)CN(CCN2CCOCC2)CCC1CC#N. The van der Waals surface area contributed by atoms with E-state index < -0.39 is 0 Å². The van der Waals surface area contributed by atoms with Crippen LogP contribution >= 0.6 is 0 Å². The third-order valence-corrected chi connectivity index (χ3v) is 4.70. The lowest BCUT2D eigenvalue weighted by Crippen LogP contribution is -2.49. The van der Waals surface area contributed by atoms with E-state index in [9.17, 15) is 0 Å². The van der Waals surface area contributed by atoms with Crippen molar-refractivity contribution in [3.63, 3.8) is 0 Å². The zero-order valence-electron chi connectivity index (χ0n) is 12.4. The van der Waals surface area contributed by atoms with Crippen LogP contribution in [-0.2, 0) is 4.74 Å². The highest BCUT2D eigenvalue weighted by Gasteiger charge is 2.35. The van der Waals surface area contributed by atoms with Gasteiger partial charge in [-0.3, -0.25) is 4.90 Å². The molecule has 1 atom stereocenters. The molecule has 2 aliphatic heterocycles. The first-order valence-electron chi connectivity index (χ1n) is 7.51. The van der Waals surface area contributed by atoms with Gasteiger partial charge in [-0.15, -0.1) is 0 Å². The Morgan fingerprint density at radius 1 is 1.16 bits per heavy atom. The first kappa shape index (κ1) is 14.8. The van der Waals surface area contributed by atoms with Gasteiger partial charge in [-0.1, -0.05) is 13.8 Å². The Balaban J connectivity index is 1.75. The summed E-state index contributed by atoms with van der Waals surface area (Å²) in [7, 11) is 0. The summed E-state index contributed by atoms with van der Waals surface area (Å²) >= 11 is 0. The molecule has 0 amide bonds. The van der Waals surface area contributed by atoms with Crippen molar-refractivity contribution >= 4 is 0 Å². The van der Waals surface area contributed by atoms with Crippen molar-refractivity contribution < 1.29 is 4.74 Å². The van der Waals surface area contributed by atoms with Gasteiger partial charge < -0.3 is 9.64 Å². The standard InChI is InChI=1S/C15H27N3O/c1-15(2)13-18(6-4-14(15)3-5-16)8-7-17-9-11-19-12-10-17/h14H,3-4,6-13H2,1-2H3. The molecule has 4 heteroatoms. The summed E-state index contributed by atoms with van der Waals surface area (Å²) < 4.78 is 5.38. The Labute approximate surface area is 117 Å². The Kier molecular flexibility index (Phi) is 5.20. The van der Waals surface area contributed by atoms with Gasteiger partial charge in [0.25, 0.3) is 0 Å². The smallest absolute Gasteiger partial charge is 0.0624 e. The molecule has 0 aromatic rings. The van der Waals surface area contributed by atoms with Crippen molar-refractivity contribution in [1.29, 1.82) is 5.26 Å². The summed E-state index contributed by atoms with van der Waals surface area (Å²) in [6, 6.07) is 2.35. The Bertz CT molecular complexity index is 318. The molecule has 0 spiro atoms. The van der Waals surface area contributed by atoms with Crippen LogP contribution < -0.4 is 0 Å². The quantitative estimate of drug-likeness (QED) is 0.774. The monoisotopic (exact) mass is 265 g/mol. The van der Waals surface area contributed by atoms with Gasteiger partial charge in [0.05, 0.1) is 19.3 Å². The molecule has 1 unspecified atom stereocenters. The number of hydrogen-bond donors (Lipinski definition) is 0. The van der Waals surface area contributed by atoms with Crippen LogP contribution in [0.1, 0.15) is 26.7 Å². The zero-order chi connectivity index (χ0) is 13.7. The van der Waals surface area contributed by atoms with Crippen LogP contribution in [0.3, 0.4) is 0 Å². The molecule has 2 aliphatic rings. The highest BCUT2D eigenvalue weighted by Crippen LogP contribution is 2.36. The van der Waals surface area contributed by atoms with Crippen LogP contribution in [-0.4, -0.2) is 62.3 Å².